The summed E-state index contributed by atoms with van der Waals surface area (Å²) < 4.78 is 12.0. The number of carbonyl (C=O) groups is 2. The van der Waals surface area contributed by atoms with Crippen molar-refractivity contribution in [3.8, 4) is 17.2 Å². The zero-order valence-electron chi connectivity index (χ0n) is 14.3. The Labute approximate surface area is 150 Å². The van der Waals surface area contributed by atoms with Gasteiger partial charge in [-0.25, -0.2) is 4.68 Å². The number of Topliss-reactive ketones (excluding diaryl/α,β-unsaturated/α-hetero) is 1. The van der Waals surface area contributed by atoms with Gasteiger partial charge in [0.05, 0.1) is 26.1 Å². The predicted octanol–water partition coefficient (Wildman–Crippen LogP) is 2.71. The second-order valence-corrected chi connectivity index (χ2v) is 5.32. The number of ether oxygens (including phenoxy) is 2. The van der Waals surface area contributed by atoms with Gasteiger partial charge in [-0.15, -0.1) is 0 Å². The van der Waals surface area contributed by atoms with Crippen molar-refractivity contribution in [2.45, 2.75) is 0 Å². The molecule has 0 aliphatic heterocycles. The van der Waals surface area contributed by atoms with E-state index in [4.69, 9.17) is 9.47 Å². The first-order valence-corrected chi connectivity index (χ1v) is 7.81. The van der Waals surface area contributed by atoms with Gasteiger partial charge in [0.1, 0.15) is 5.82 Å². The summed E-state index contributed by atoms with van der Waals surface area (Å²) in [7, 11) is 3.08. The fraction of sp³-hybridized carbons (Fsp3) is 0.105. The van der Waals surface area contributed by atoms with Crippen LogP contribution in [0, 0.1) is 0 Å². The number of nitrogens with zero attached hydrogens (tertiary/aromatic N) is 2. The van der Waals surface area contributed by atoms with Crippen LogP contribution >= 0.6 is 0 Å². The maximum atomic E-state index is 12.3. The van der Waals surface area contributed by atoms with E-state index in [9.17, 15) is 9.59 Å². The van der Waals surface area contributed by atoms with Gasteiger partial charge in [0.15, 0.2) is 11.5 Å². The van der Waals surface area contributed by atoms with E-state index in [1.165, 1.54) is 18.0 Å². The fourth-order valence-electron chi connectivity index (χ4n) is 2.45. The topological polar surface area (TPSA) is 82.5 Å². The number of aromatic nitrogens is 2. The Balaban J connectivity index is 1.85. The molecule has 3 rings (SSSR count). The average molecular weight is 351 g/mol. The minimum absolute atomic E-state index is 0.321. The highest BCUT2D eigenvalue weighted by molar-refractivity contribution is 6.46. The summed E-state index contributed by atoms with van der Waals surface area (Å²) in [4.78, 5) is 24.5. The average Bonchev–Trinajstić information content (AvgIpc) is 3.15. The summed E-state index contributed by atoms with van der Waals surface area (Å²) in [6.07, 6.45) is 1.53. The third kappa shape index (κ3) is 3.41. The van der Waals surface area contributed by atoms with E-state index in [2.05, 4.69) is 10.4 Å². The Morgan fingerprint density at radius 2 is 1.69 bits per heavy atom. The molecular weight excluding hydrogens is 334 g/mol. The highest BCUT2D eigenvalue weighted by Crippen LogP contribution is 2.29. The van der Waals surface area contributed by atoms with Crippen LogP contribution < -0.4 is 14.8 Å². The minimum atomic E-state index is -0.738. The Kier molecular flexibility index (Phi) is 4.98. The molecule has 0 saturated carbocycles. The summed E-state index contributed by atoms with van der Waals surface area (Å²) in [6.45, 7) is 0. The zero-order chi connectivity index (χ0) is 18.5. The molecule has 0 aliphatic carbocycles. The molecule has 0 unspecified atom stereocenters. The van der Waals surface area contributed by atoms with Crippen molar-refractivity contribution >= 4 is 17.5 Å². The molecule has 7 heteroatoms. The lowest BCUT2D eigenvalue weighted by Gasteiger charge is -2.12. The standard InChI is InChI=1S/C19H17N3O4/c1-25-15-9-8-14(12-16(15)26-2)22-17(10-11-20-22)21-19(24)18(23)13-6-4-3-5-7-13/h3-12H,1-2H3,(H,21,24). The van der Waals surface area contributed by atoms with E-state index in [-0.39, 0.29) is 0 Å². The van der Waals surface area contributed by atoms with Crippen LogP contribution in [0.1, 0.15) is 10.4 Å². The first-order valence-electron chi connectivity index (χ1n) is 7.81. The maximum absolute atomic E-state index is 12.3. The van der Waals surface area contributed by atoms with Gasteiger partial charge in [-0.05, 0) is 12.1 Å². The van der Waals surface area contributed by atoms with E-state index in [0.717, 1.165) is 0 Å². The number of carbonyl (C=O) groups excluding carboxylic acids is 2. The number of nitrogens with one attached hydrogen (secondary N) is 1. The zero-order valence-corrected chi connectivity index (χ0v) is 14.3. The molecular formula is C19H17N3O4. The Morgan fingerprint density at radius 3 is 2.38 bits per heavy atom. The molecule has 3 aromatic rings. The van der Waals surface area contributed by atoms with E-state index in [0.29, 0.717) is 28.6 Å². The summed E-state index contributed by atoms with van der Waals surface area (Å²) in [6, 6.07) is 15.2. The third-order valence-electron chi connectivity index (χ3n) is 3.74. The van der Waals surface area contributed by atoms with E-state index >= 15 is 0 Å². The summed E-state index contributed by atoms with van der Waals surface area (Å²) in [5.41, 5.74) is 0.970. The minimum Gasteiger partial charge on any atom is -0.493 e. The summed E-state index contributed by atoms with van der Waals surface area (Å²) in [5.74, 6) is 0.113. The van der Waals surface area contributed by atoms with Crippen molar-refractivity contribution in [2.24, 2.45) is 0 Å². The van der Waals surface area contributed by atoms with Crippen LogP contribution in [0.3, 0.4) is 0 Å². The molecule has 26 heavy (non-hydrogen) atoms. The lowest BCUT2D eigenvalue weighted by Crippen LogP contribution is -2.24. The Morgan fingerprint density at radius 1 is 0.962 bits per heavy atom. The molecule has 0 radical (unpaired) electrons. The first kappa shape index (κ1) is 17.2. The van der Waals surface area contributed by atoms with Crippen molar-refractivity contribution in [1.82, 2.24) is 9.78 Å². The molecule has 0 aliphatic rings. The lowest BCUT2D eigenvalue weighted by molar-refractivity contribution is -0.112. The van der Waals surface area contributed by atoms with Crippen LogP contribution in [0.2, 0.25) is 0 Å². The van der Waals surface area contributed by atoms with Gasteiger partial charge >= 0.3 is 0 Å². The van der Waals surface area contributed by atoms with Crippen LogP contribution in [0.25, 0.3) is 5.69 Å². The number of ketones is 1. The van der Waals surface area contributed by atoms with Gasteiger partial charge in [0.25, 0.3) is 11.7 Å². The maximum Gasteiger partial charge on any atom is 0.297 e. The number of amides is 1. The van der Waals surface area contributed by atoms with Crippen LogP contribution in [0.4, 0.5) is 5.82 Å². The van der Waals surface area contributed by atoms with E-state index in [1.54, 1.807) is 61.7 Å². The summed E-state index contributed by atoms with van der Waals surface area (Å²) in [5, 5.41) is 6.79. The number of benzene rings is 2. The molecule has 0 spiro atoms. The molecule has 7 nitrogen and oxygen atoms in total. The van der Waals surface area contributed by atoms with Crippen molar-refractivity contribution in [2.75, 3.05) is 19.5 Å². The van der Waals surface area contributed by atoms with Crippen molar-refractivity contribution in [3.63, 3.8) is 0 Å². The largest absolute Gasteiger partial charge is 0.493 e. The van der Waals surface area contributed by atoms with E-state index in [1.807, 2.05) is 0 Å². The molecule has 1 N–H and O–H groups in total. The normalized spacial score (nSPS) is 10.2. The summed E-state index contributed by atoms with van der Waals surface area (Å²) >= 11 is 0. The Hall–Kier alpha value is -3.61. The monoisotopic (exact) mass is 351 g/mol. The highest BCUT2D eigenvalue weighted by atomic mass is 16.5. The van der Waals surface area contributed by atoms with E-state index < -0.39 is 11.7 Å². The number of hydrogen-bond donors (Lipinski definition) is 1. The van der Waals surface area contributed by atoms with Crippen molar-refractivity contribution < 1.29 is 19.1 Å². The number of rotatable bonds is 6. The quantitative estimate of drug-likeness (QED) is 0.545. The SMILES string of the molecule is COc1ccc(-n2nccc2NC(=O)C(=O)c2ccccc2)cc1OC. The first-order chi connectivity index (χ1) is 12.6. The molecule has 0 fully saturated rings. The van der Waals surface area contributed by atoms with Crippen LogP contribution in [-0.4, -0.2) is 35.7 Å². The molecule has 2 aromatic carbocycles. The second-order valence-electron chi connectivity index (χ2n) is 5.32. The number of methoxy groups -OCH3 is 2. The van der Waals surface area contributed by atoms with Gasteiger partial charge in [-0.2, -0.15) is 5.10 Å². The van der Waals surface area contributed by atoms with Gasteiger partial charge in [0, 0.05) is 17.7 Å². The number of anilines is 1. The van der Waals surface area contributed by atoms with Gasteiger partial charge in [-0.3, -0.25) is 9.59 Å². The third-order valence-corrected chi connectivity index (χ3v) is 3.74. The smallest absolute Gasteiger partial charge is 0.297 e. The predicted molar refractivity (Wildman–Crippen MR) is 96.1 cm³/mol. The van der Waals surface area contributed by atoms with Gasteiger partial charge in [0.2, 0.25) is 0 Å². The molecule has 1 amide bonds. The van der Waals surface area contributed by atoms with Crippen molar-refractivity contribution in [3.05, 3.63) is 66.4 Å². The van der Waals surface area contributed by atoms with Crippen LogP contribution in [-0.2, 0) is 4.79 Å². The fourth-order valence-corrected chi connectivity index (χ4v) is 2.45. The number of hydrogen-bond acceptors (Lipinski definition) is 5. The highest BCUT2D eigenvalue weighted by Gasteiger charge is 2.18. The van der Waals surface area contributed by atoms with Gasteiger partial charge in [-0.1, -0.05) is 30.3 Å². The van der Waals surface area contributed by atoms with Crippen LogP contribution in [0.15, 0.2) is 60.8 Å². The lowest BCUT2D eigenvalue weighted by atomic mass is 10.1. The molecule has 1 aromatic heterocycles. The second kappa shape index (κ2) is 7.52. The molecule has 0 saturated heterocycles. The van der Waals surface area contributed by atoms with Crippen molar-refractivity contribution in [1.29, 1.82) is 0 Å². The molecule has 0 bridgehead atoms. The molecule has 132 valence electrons. The van der Waals surface area contributed by atoms with Crippen LogP contribution in [0.5, 0.6) is 11.5 Å². The van der Waals surface area contributed by atoms with Gasteiger partial charge < -0.3 is 14.8 Å². The molecule has 1 heterocycles. The molecule has 0 atom stereocenters. The Bertz CT molecular complexity index is 935.